The van der Waals surface area contributed by atoms with E-state index in [1.165, 1.54) is 11.8 Å². The van der Waals surface area contributed by atoms with E-state index < -0.39 is 0 Å². The zero-order chi connectivity index (χ0) is 13.7. The third-order valence-electron chi connectivity index (χ3n) is 2.22. The topological polar surface area (TPSA) is 85.8 Å². The second-order valence-electron chi connectivity index (χ2n) is 3.99. The van der Waals surface area contributed by atoms with Crippen LogP contribution in [0.15, 0.2) is 5.16 Å². The Morgan fingerprint density at radius 1 is 1.56 bits per heavy atom. The number of amides is 1. The fourth-order valence-corrected chi connectivity index (χ4v) is 2.36. The van der Waals surface area contributed by atoms with Gasteiger partial charge in [-0.15, -0.1) is 16.6 Å². The highest BCUT2D eigenvalue weighted by Gasteiger charge is 2.20. The molecule has 1 amide bonds. The third-order valence-corrected chi connectivity index (χ3v) is 3.28. The van der Waals surface area contributed by atoms with E-state index in [4.69, 9.17) is 12.2 Å². The first-order valence-electron chi connectivity index (χ1n) is 5.55. The van der Waals surface area contributed by atoms with Crippen LogP contribution in [0.4, 0.5) is 5.95 Å². The number of hydrogen-bond donors (Lipinski definition) is 2. The molecular weight excluding hydrogens is 250 g/mol. The SMILES string of the molecule is C#CCNC(=O)C(C)Sc1nnc(N)n1C(C)C. The number of thioether (sulfide) groups is 1. The summed E-state index contributed by atoms with van der Waals surface area (Å²) in [6.07, 6.45) is 5.08. The van der Waals surface area contributed by atoms with Crippen LogP contribution in [-0.4, -0.2) is 32.5 Å². The number of hydrogen-bond acceptors (Lipinski definition) is 5. The van der Waals surface area contributed by atoms with Crippen molar-refractivity contribution in [3.8, 4) is 12.3 Å². The van der Waals surface area contributed by atoms with E-state index in [9.17, 15) is 4.79 Å². The first kappa shape index (κ1) is 14.4. The van der Waals surface area contributed by atoms with Crippen molar-refractivity contribution in [1.82, 2.24) is 20.1 Å². The number of carbonyl (C=O) groups is 1. The first-order chi connectivity index (χ1) is 8.47. The number of nitrogen functional groups attached to an aromatic ring is 1. The molecule has 0 bridgehead atoms. The number of anilines is 1. The predicted molar refractivity (Wildman–Crippen MR) is 72.0 cm³/mol. The molecule has 0 aliphatic carbocycles. The van der Waals surface area contributed by atoms with Gasteiger partial charge in [0.1, 0.15) is 0 Å². The number of rotatable bonds is 5. The maximum atomic E-state index is 11.7. The highest BCUT2D eigenvalue weighted by Crippen LogP contribution is 2.26. The number of nitrogens with two attached hydrogens (primary N) is 1. The van der Waals surface area contributed by atoms with Gasteiger partial charge in [0.2, 0.25) is 11.9 Å². The van der Waals surface area contributed by atoms with Crippen molar-refractivity contribution in [1.29, 1.82) is 0 Å². The highest BCUT2D eigenvalue weighted by molar-refractivity contribution is 8.00. The fourth-order valence-electron chi connectivity index (χ4n) is 1.35. The van der Waals surface area contributed by atoms with Crippen molar-refractivity contribution >= 4 is 23.6 Å². The molecule has 0 aliphatic heterocycles. The Morgan fingerprint density at radius 2 is 2.22 bits per heavy atom. The third kappa shape index (κ3) is 3.40. The van der Waals surface area contributed by atoms with Crippen molar-refractivity contribution in [2.75, 3.05) is 12.3 Å². The van der Waals surface area contributed by atoms with Gasteiger partial charge in [-0.05, 0) is 20.8 Å². The number of nitrogens with zero attached hydrogens (tertiary/aromatic N) is 3. The summed E-state index contributed by atoms with van der Waals surface area (Å²) in [6, 6.07) is 0.142. The van der Waals surface area contributed by atoms with Gasteiger partial charge in [-0.2, -0.15) is 0 Å². The smallest absolute Gasteiger partial charge is 0.234 e. The number of nitrogens with one attached hydrogen (secondary N) is 1. The molecule has 1 aromatic heterocycles. The van der Waals surface area contributed by atoms with Crippen LogP contribution in [0, 0.1) is 12.3 Å². The number of carbonyl (C=O) groups excluding carboxylic acids is 1. The molecule has 7 heteroatoms. The summed E-state index contributed by atoms with van der Waals surface area (Å²) in [4.78, 5) is 11.7. The van der Waals surface area contributed by atoms with E-state index in [0.717, 1.165) is 0 Å². The van der Waals surface area contributed by atoms with Crippen molar-refractivity contribution in [3.63, 3.8) is 0 Å². The average Bonchev–Trinajstić information content (AvgIpc) is 2.67. The largest absolute Gasteiger partial charge is 0.368 e. The van der Waals surface area contributed by atoms with Crippen LogP contribution in [-0.2, 0) is 4.79 Å². The van der Waals surface area contributed by atoms with E-state index in [1.807, 2.05) is 13.8 Å². The summed E-state index contributed by atoms with van der Waals surface area (Å²) in [7, 11) is 0. The fraction of sp³-hybridized carbons (Fsp3) is 0.545. The lowest BCUT2D eigenvalue weighted by Gasteiger charge is -2.14. The minimum atomic E-state index is -0.306. The molecule has 1 heterocycles. The number of aromatic nitrogens is 3. The quantitative estimate of drug-likeness (QED) is 0.605. The molecule has 0 aromatic carbocycles. The molecule has 1 rings (SSSR count). The van der Waals surface area contributed by atoms with Gasteiger partial charge in [0.25, 0.3) is 0 Å². The zero-order valence-electron chi connectivity index (χ0n) is 10.7. The van der Waals surface area contributed by atoms with Crippen LogP contribution in [0.2, 0.25) is 0 Å². The Hall–Kier alpha value is -1.68. The standard InChI is InChI=1S/C11H17N5OS/c1-5-6-13-9(17)8(4)18-11-15-14-10(12)16(11)7(2)3/h1,7-8H,6H2,2-4H3,(H2,12,14)(H,13,17). The van der Waals surface area contributed by atoms with E-state index in [0.29, 0.717) is 11.1 Å². The minimum absolute atomic E-state index is 0.130. The highest BCUT2D eigenvalue weighted by atomic mass is 32.2. The van der Waals surface area contributed by atoms with Crippen LogP contribution < -0.4 is 11.1 Å². The minimum Gasteiger partial charge on any atom is -0.368 e. The maximum absolute atomic E-state index is 11.7. The summed E-state index contributed by atoms with van der Waals surface area (Å²) in [5.74, 6) is 2.58. The van der Waals surface area contributed by atoms with Gasteiger partial charge < -0.3 is 11.1 Å². The van der Waals surface area contributed by atoms with E-state index in [-0.39, 0.29) is 23.7 Å². The molecule has 0 spiro atoms. The van der Waals surface area contributed by atoms with Crippen LogP contribution >= 0.6 is 11.8 Å². The van der Waals surface area contributed by atoms with E-state index in [2.05, 4.69) is 21.4 Å². The molecule has 0 radical (unpaired) electrons. The van der Waals surface area contributed by atoms with Crippen molar-refractivity contribution in [2.24, 2.45) is 0 Å². The van der Waals surface area contributed by atoms with Gasteiger partial charge in [-0.25, -0.2) is 0 Å². The van der Waals surface area contributed by atoms with E-state index >= 15 is 0 Å². The molecule has 0 saturated carbocycles. The molecule has 1 unspecified atom stereocenters. The van der Waals surface area contributed by atoms with Gasteiger partial charge in [0.05, 0.1) is 11.8 Å². The summed E-state index contributed by atoms with van der Waals surface area (Å²) in [5.41, 5.74) is 5.72. The Labute approximate surface area is 111 Å². The molecule has 3 N–H and O–H groups in total. The van der Waals surface area contributed by atoms with Crippen molar-refractivity contribution in [2.45, 2.75) is 37.2 Å². The molecule has 0 aliphatic rings. The Kier molecular flexibility index (Phi) is 5.04. The molecule has 98 valence electrons. The Morgan fingerprint density at radius 3 is 2.78 bits per heavy atom. The molecule has 6 nitrogen and oxygen atoms in total. The molecule has 18 heavy (non-hydrogen) atoms. The van der Waals surface area contributed by atoms with Crippen LogP contribution in [0.25, 0.3) is 0 Å². The summed E-state index contributed by atoms with van der Waals surface area (Å²) >= 11 is 1.31. The Bertz CT molecular complexity index is 462. The van der Waals surface area contributed by atoms with Gasteiger partial charge >= 0.3 is 0 Å². The molecule has 0 saturated heterocycles. The van der Waals surface area contributed by atoms with Crippen molar-refractivity contribution in [3.05, 3.63) is 0 Å². The normalized spacial score (nSPS) is 12.2. The summed E-state index contributed by atoms with van der Waals surface area (Å²) in [5, 5.41) is 10.7. The first-order valence-corrected chi connectivity index (χ1v) is 6.43. The predicted octanol–water partition coefficient (Wildman–Crippen LogP) is 0.671. The summed E-state index contributed by atoms with van der Waals surface area (Å²) in [6.45, 7) is 5.97. The maximum Gasteiger partial charge on any atom is 0.234 e. The second-order valence-corrected chi connectivity index (χ2v) is 5.29. The molecular formula is C11H17N5OS. The van der Waals surface area contributed by atoms with Crippen molar-refractivity contribution < 1.29 is 4.79 Å². The lowest BCUT2D eigenvalue weighted by atomic mass is 10.4. The summed E-state index contributed by atoms with van der Waals surface area (Å²) < 4.78 is 1.79. The van der Waals surface area contributed by atoms with Gasteiger partial charge in [0.15, 0.2) is 5.16 Å². The van der Waals surface area contributed by atoms with Crippen LogP contribution in [0.5, 0.6) is 0 Å². The Balaban J connectivity index is 2.73. The zero-order valence-corrected chi connectivity index (χ0v) is 11.5. The lowest BCUT2D eigenvalue weighted by molar-refractivity contribution is -0.120. The van der Waals surface area contributed by atoms with Gasteiger partial charge in [0, 0.05) is 6.04 Å². The van der Waals surface area contributed by atoms with Crippen LogP contribution in [0.1, 0.15) is 26.8 Å². The average molecular weight is 267 g/mol. The second kappa shape index (κ2) is 6.31. The van der Waals surface area contributed by atoms with Gasteiger partial charge in [-0.3, -0.25) is 9.36 Å². The molecule has 0 fully saturated rings. The number of terminal acetylenes is 1. The molecule has 1 atom stereocenters. The van der Waals surface area contributed by atoms with Crippen LogP contribution in [0.3, 0.4) is 0 Å². The molecule has 1 aromatic rings. The lowest BCUT2D eigenvalue weighted by Crippen LogP contribution is -2.31. The van der Waals surface area contributed by atoms with Gasteiger partial charge in [-0.1, -0.05) is 17.7 Å². The monoisotopic (exact) mass is 267 g/mol. The van der Waals surface area contributed by atoms with E-state index in [1.54, 1.807) is 11.5 Å².